The third kappa shape index (κ3) is 5.21. The standard InChI is InChI=1S/C19H24N2O5S/c1-14-5-10-17(26-4)18(11-14)27(23,24)21(2)13-19(22)20-12-15-6-8-16(25-3)9-7-15/h5-11H,12-13H2,1-4H3,(H,20,22). The summed E-state index contributed by atoms with van der Waals surface area (Å²) >= 11 is 0. The monoisotopic (exact) mass is 392 g/mol. The van der Waals surface area contributed by atoms with E-state index in [1.165, 1.54) is 20.2 Å². The summed E-state index contributed by atoms with van der Waals surface area (Å²) in [7, 11) is 0.492. The van der Waals surface area contributed by atoms with Crippen molar-refractivity contribution in [1.29, 1.82) is 0 Å². The fourth-order valence-corrected chi connectivity index (χ4v) is 3.80. The molecule has 0 aliphatic rings. The van der Waals surface area contributed by atoms with Crippen molar-refractivity contribution < 1.29 is 22.7 Å². The van der Waals surface area contributed by atoms with Crippen LogP contribution < -0.4 is 14.8 Å². The number of rotatable bonds is 8. The normalized spacial score (nSPS) is 11.3. The zero-order valence-corrected chi connectivity index (χ0v) is 16.7. The van der Waals surface area contributed by atoms with E-state index < -0.39 is 15.9 Å². The van der Waals surface area contributed by atoms with E-state index in [1.54, 1.807) is 38.3 Å². The minimum Gasteiger partial charge on any atom is -0.497 e. The predicted molar refractivity (Wildman–Crippen MR) is 102 cm³/mol. The molecule has 0 atom stereocenters. The number of amides is 1. The van der Waals surface area contributed by atoms with E-state index in [0.717, 1.165) is 21.2 Å². The van der Waals surface area contributed by atoms with E-state index in [2.05, 4.69) is 5.32 Å². The summed E-state index contributed by atoms with van der Waals surface area (Å²) in [5.41, 5.74) is 1.67. The van der Waals surface area contributed by atoms with Gasteiger partial charge in [0.25, 0.3) is 0 Å². The van der Waals surface area contributed by atoms with Gasteiger partial charge < -0.3 is 14.8 Å². The smallest absolute Gasteiger partial charge is 0.246 e. The van der Waals surface area contributed by atoms with Gasteiger partial charge in [0.2, 0.25) is 15.9 Å². The molecule has 146 valence electrons. The maximum atomic E-state index is 12.8. The Kier molecular flexibility index (Phi) is 6.81. The van der Waals surface area contributed by atoms with Gasteiger partial charge in [-0.2, -0.15) is 4.31 Å². The Morgan fingerprint density at radius 1 is 1.07 bits per heavy atom. The topological polar surface area (TPSA) is 84.9 Å². The number of aryl methyl sites for hydroxylation is 1. The fraction of sp³-hybridized carbons (Fsp3) is 0.316. The lowest BCUT2D eigenvalue weighted by Gasteiger charge is -2.19. The lowest BCUT2D eigenvalue weighted by atomic mass is 10.2. The Balaban J connectivity index is 2.03. The molecule has 8 heteroatoms. The first-order valence-corrected chi connectivity index (χ1v) is 9.72. The molecule has 0 radical (unpaired) electrons. The van der Waals surface area contributed by atoms with Crippen LogP contribution in [-0.2, 0) is 21.4 Å². The van der Waals surface area contributed by atoms with Crippen molar-refractivity contribution in [3.8, 4) is 11.5 Å². The van der Waals surface area contributed by atoms with Crippen LogP contribution in [0.25, 0.3) is 0 Å². The van der Waals surface area contributed by atoms with Gasteiger partial charge in [0.1, 0.15) is 16.4 Å². The van der Waals surface area contributed by atoms with Gasteiger partial charge in [-0.3, -0.25) is 4.79 Å². The molecule has 2 aromatic rings. The number of carbonyl (C=O) groups excluding carboxylic acids is 1. The van der Waals surface area contributed by atoms with E-state index in [0.29, 0.717) is 6.54 Å². The van der Waals surface area contributed by atoms with Crippen LogP contribution in [0.4, 0.5) is 0 Å². The molecule has 7 nitrogen and oxygen atoms in total. The second kappa shape index (κ2) is 8.88. The maximum absolute atomic E-state index is 12.8. The van der Waals surface area contributed by atoms with Crippen molar-refractivity contribution in [2.45, 2.75) is 18.4 Å². The van der Waals surface area contributed by atoms with Crippen LogP contribution in [0.3, 0.4) is 0 Å². The second-order valence-corrected chi connectivity index (χ2v) is 8.05. The number of ether oxygens (including phenoxy) is 2. The molecule has 0 unspecified atom stereocenters. The number of hydrogen-bond acceptors (Lipinski definition) is 5. The minimum atomic E-state index is -3.86. The summed E-state index contributed by atoms with van der Waals surface area (Å²) in [6.07, 6.45) is 0. The zero-order valence-electron chi connectivity index (χ0n) is 15.9. The predicted octanol–water partition coefficient (Wildman–Crippen LogP) is 1.95. The van der Waals surface area contributed by atoms with Gasteiger partial charge in [0.05, 0.1) is 20.8 Å². The van der Waals surface area contributed by atoms with Crippen LogP contribution in [0.5, 0.6) is 11.5 Å². The Bertz CT molecular complexity index is 895. The number of benzene rings is 2. The first kappa shape index (κ1) is 20.7. The molecular weight excluding hydrogens is 368 g/mol. The summed E-state index contributed by atoms with van der Waals surface area (Å²) in [5, 5.41) is 2.71. The Morgan fingerprint density at radius 2 is 1.74 bits per heavy atom. The van der Waals surface area contributed by atoms with Crippen LogP contribution in [0.15, 0.2) is 47.4 Å². The van der Waals surface area contributed by atoms with E-state index in [1.807, 2.05) is 12.1 Å². The first-order valence-electron chi connectivity index (χ1n) is 8.28. The van der Waals surface area contributed by atoms with Gasteiger partial charge in [-0.15, -0.1) is 0 Å². The number of nitrogens with one attached hydrogen (secondary N) is 1. The Morgan fingerprint density at radius 3 is 2.33 bits per heavy atom. The highest BCUT2D eigenvalue weighted by Crippen LogP contribution is 2.27. The van der Waals surface area contributed by atoms with E-state index in [9.17, 15) is 13.2 Å². The van der Waals surface area contributed by atoms with E-state index >= 15 is 0 Å². The number of sulfonamides is 1. The average molecular weight is 392 g/mol. The molecule has 27 heavy (non-hydrogen) atoms. The third-order valence-electron chi connectivity index (χ3n) is 4.02. The first-order chi connectivity index (χ1) is 12.8. The third-order valence-corrected chi connectivity index (χ3v) is 5.85. The molecule has 0 spiro atoms. The van der Waals surface area contributed by atoms with Crippen LogP contribution >= 0.6 is 0 Å². The van der Waals surface area contributed by atoms with Crippen LogP contribution in [0, 0.1) is 6.92 Å². The van der Waals surface area contributed by atoms with Crippen molar-refractivity contribution in [2.24, 2.45) is 0 Å². The van der Waals surface area contributed by atoms with E-state index in [4.69, 9.17) is 9.47 Å². The number of hydrogen-bond donors (Lipinski definition) is 1. The van der Waals surface area contributed by atoms with Gasteiger partial charge in [0, 0.05) is 13.6 Å². The zero-order chi connectivity index (χ0) is 20.0. The SMILES string of the molecule is COc1ccc(CNC(=O)CN(C)S(=O)(=O)c2cc(C)ccc2OC)cc1. The summed E-state index contributed by atoms with van der Waals surface area (Å²) < 4.78 is 36.8. The molecule has 0 bridgehead atoms. The molecule has 2 aromatic carbocycles. The number of methoxy groups -OCH3 is 2. The van der Waals surface area contributed by atoms with Gasteiger partial charge in [0.15, 0.2) is 0 Å². The number of likely N-dealkylation sites (N-methyl/N-ethyl adjacent to an activating group) is 1. The van der Waals surface area contributed by atoms with Gasteiger partial charge in [-0.1, -0.05) is 18.2 Å². The van der Waals surface area contributed by atoms with Crippen molar-refractivity contribution in [1.82, 2.24) is 9.62 Å². The molecule has 0 heterocycles. The summed E-state index contributed by atoms with van der Waals surface area (Å²) in [5.74, 6) is 0.567. The highest BCUT2D eigenvalue weighted by atomic mass is 32.2. The largest absolute Gasteiger partial charge is 0.497 e. The van der Waals surface area contributed by atoms with Crippen molar-refractivity contribution in [3.05, 3.63) is 53.6 Å². The minimum absolute atomic E-state index is 0.0375. The summed E-state index contributed by atoms with van der Waals surface area (Å²) in [6.45, 7) is 1.79. The average Bonchev–Trinajstić information content (AvgIpc) is 2.66. The van der Waals surface area contributed by atoms with Crippen molar-refractivity contribution in [3.63, 3.8) is 0 Å². The van der Waals surface area contributed by atoms with E-state index in [-0.39, 0.29) is 17.2 Å². The lowest BCUT2D eigenvalue weighted by molar-refractivity contribution is -0.121. The molecule has 0 aliphatic heterocycles. The molecule has 0 saturated heterocycles. The Hall–Kier alpha value is -2.58. The van der Waals surface area contributed by atoms with Gasteiger partial charge in [-0.25, -0.2) is 8.42 Å². The maximum Gasteiger partial charge on any atom is 0.246 e. The lowest BCUT2D eigenvalue weighted by Crippen LogP contribution is -2.38. The fourth-order valence-electron chi connectivity index (χ4n) is 2.44. The quantitative estimate of drug-likeness (QED) is 0.742. The van der Waals surface area contributed by atoms with Crippen LogP contribution in [0.2, 0.25) is 0 Å². The molecule has 1 amide bonds. The van der Waals surface area contributed by atoms with Gasteiger partial charge >= 0.3 is 0 Å². The van der Waals surface area contributed by atoms with Crippen molar-refractivity contribution in [2.75, 3.05) is 27.8 Å². The van der Waals surface area contributed by atoms with Crippen LogP contribution in [0.1, 0.15) is 11.1 Å². The number of nitrogens with zero attached hydrogens (tertiary/aromatic N) is 1. The molecule has 0 aliphatic carbocycles. The molecule has 0 fully saturated rings. The molecule has 1 N–H and O–H groups in total. The summed E-state index contributed by atoms with van der Waals surface area (Å²) in [4.78, 5) is 12.2. The highest BCUT2D eigenvalue weighted by molar-refractivity contribution is 7.89. The number of carbonyl (C=O) groups is 1. The molecule has 0 saturated carbocycles. The second-order valence-electron chi connectivity index (χ2n) is 6.04. The molecule has 2 rings (SSSR count). The van der Waals surface area contributed by atoms with Gasteiger partial charge in [-0.05, 0) is 42.3 Å². The Labute approximate surface area is 160 Å². The van der Waals surface area contributed by atoms with Crippen LogP contribution in [-0.4, -0.2) is 46.4 Å². The molecular formula is C19H24N2O5S. The highest BCUT2D eigenvalue weighted by Gasteiger charge is 2.26. The summed E-state index contributed by atoms with van der Waals surface area (Å²) in [6, 6.07) is 12.1. The van der Waals surface area contributed by atoms with Crippen molar-refractivity contribution >= 4 is 15.9 Å². The molecule has 0 aromatic heterocycles.